The van der Waals surface area contributed by atoms with Crippen molar-refractivity contribution in [3.05, 3.63) is 59.2 Å². The molecule has 0 atom stereocenters. The van der Waals surface area contributed by atoms with Gasteiger partial charge in [-0.3, -0.25) is 4.79 Å². The summed E-state index contributed by atoms with van der Waals surface area (Å²) in [5, 5.41) is 33.3. The zero-order chi connectivity index (χ0) is 18.1. The molecule has 0 fully saturated rings. The molecule has 7 nitrogen and oxygen atoms in total. The van der Waals surface area contributed by atoms with Crippen LogP contribution in [0, 0.1) is 0 Å². The van der Waals surface area contributed by atoms with Crippen LogP contribution in [0.3, 0.4) is 0 Å². The number of phenolic OH excluding ortho intramolecular Hbond substituents is 1. The molecule has 0 saturated heterocycles. The molecule has 2 aromatic rings. The largest absolute Gasteiger partial charge is 0.508 e. The van der Waals surface area contributed by atoms with Crippen LogP contribution in [0.1, 0.15) is 22.8 Å². The van der Waals surface area contributed by atoms with Gasteiger partial charge in [0.15, 0.2) is 0 Å². The van der Waals surface area contributed by atoms with Crippen LogP contribution in [-0.4, -0.2) is 32.9 Å². The van der Waals surface area contributed by atoms with Crippen molar-refractivity contribution >= 4 is 29.4 Å². The van der Waals surface area contributed by atoms with Crippen molar-refractivity contribution in [1.82, 2.24) is 0 Å². The molecule has 3 rings (SSSR count). The molecule has 1 aliphatic rings. The summed E-state index contributed by atoms with van der Waals surface area (Å²) >= 11 is 0. The second-order valence-electron chi connectivity index (χ2n) is 5.46. The molecule has 0 radical (unpaired) electrons. The van der Waals surface area contributed by atoms with Gasteiger partial charge in [0.1, 0.15) is 17.1 Å². The van der Waals surface area contributed by atoms with Gasteiger partial charge in [-0.2, -0.15) is 10.1 Å². The van der Waals surface area contributed by atoms with Gasteiger partial charge in [0, 0.05) is 0 Å². The number of benzene rings is 2. The smallest absolute Gasteiger partial charge is 0.339 e. The van der Waals surface area contributed by atoms with Crippen molar-refractivity contribution in [3.63, 3.8) is 0 Å². The van der Waals surface area contributed by atoms with E-state index in [4.69, 9.17) is 5.11 Å². The lowest BCUT2D eigenvalue weighted by atomic mass is 10.1. The third kappa shape index (κ3) is 3.07. The van der Waals surface area contributed by atoms with Crippen LogP contribution in [0.25, 0.3) is 6.08 Å². The quantitative estimate of drug-likeness (QED) is 0.745. The molecule has 0 bridgehead atoms. The minimum absolute atomic E-state index is 0.122. The molecular weight excluding hydrogens is 324 g/mol. The van der Waals surface area contributed by atoms with Gasteiger partial charge < -0.3 is 15.3 Å². The number of aromatic hydroxyl groups is 2. The van der Waals surface area contributed by atoms with E-state index in [0.29, 0.717) is 11.3 Å². The molecule has 0 spiro atoms. The first-order valence-electron chi connectivity index (χ1n) is 7.34. The molecular formula is C18H14N2O5. The van der Waals surface area contributed by atoms with Gasteiger partial charge in [-0.05, 0) is 48.9 Å². The Morgan fingerprint density at radius 3 is 2.44 bits per heavy atom. The van der Waals surface area contributed by atoms with E-state index in [9.17, 15) is 19.8 Å². The molecule has 1 amide bonds. The average molecular weight is 338 g/mol. The van der Waals surface area contributed by atoms with Crippen LogP contribution in [0.15, 0.2) is 53.1 Å². The monoisotopic (exact) mass is 338 g/mol. The summed E-state index contributed by atoms with van der Waals surface area (Å²) < 4.78 is 0. The lowest BCUT2D eigenvalue weighted by molar-refractivity contribution is -0.114. The average Bonchev–Trinajstić information content (AvgIpc) is 2.85. The predicted molar refractivity (Wildman–Crippen MR) is 91.7 cm³/mol. The molecule has 126 valence electrons. The number of carbonyl (C=O) groups excluding carboxylic acids is 1. The first kappa shape index (κ1) is 16.3. The van der Waals surface area contributed by atoms with Crippen molar-refractivity contribution < 1.29 is 24.9 Å². The molecule has 1 heterocycles. The van der Waals surface area contributed by atoms with E-state index < -0.39 is 11.9 Å². The second-order valence-corrected chi connectivity index (χ2v) is 5.46. The molecule has 0 unspecified atom stereocenters. The summed E-state index contributed by atoms with van der Waals surface area (Å²) in [6, 6.07) is 10.2. The third-order valence-electron chi connectivity index (χ3n) is 3.72. The molecule has 0 aromatic heterocycles. The fourth-order valence-electron chi connectivity index (χ4n) is 2.42. The number of carboxylic acid groups (broad SMARTS) is 1. The van der Waals surface area contributed by atoms with Crippen LogP contribution in [0.2, 0.25) is 0 Å². The SMILES string of the molecule is CC1=NN(c2ccc(O)c(C(=O)O)c2)C(=O)/C1=C\c1ccc(O)cc1. The van der Waals surface area contributed by atoms with E-state index in [2.05, 4.69) is 5.10 Å². The Labute approximate surface area is 142 Å². The Kier molecular flexibility index (Phi) is 3.98. The fourth-order valence-corrected chi connectivity index (χ4v) is 2.42. The summed E-state index contributed by atoms with van der Waals surface area (Å²) in [5.74, 6) is -1.97. The molecule has 2 aromatic carbocycles. The third-order valence-corrected chi connectivity index (χ3v) is 3.72. The highest BCUT2D eigenvalue weighted by Crippen LogP contribution is 2.29. The summed E-state index contributed by atoms with van der Waals surface area (Å²) in [6.07, 6.45) is 1.64. The first-order chi connectivity index (χ1) is 11.9. The Balaban J connectivity index is 1.96. The molecule has 25 heavy (non-hydrogen) atoms. The van der Waals surface area contributed by atoms with E-state index in [-0.39, 0.29) is 22.7 Å². The number of aromatic carboxylic acids is 1. The van der Waals surface area contributed by atoms with E-state index in [0.717, 1.165) is 10.6 Å². The van der Waals surface area contributed by atoms with Gasteiger partial charge >= 0.3 is 5.97 Å². The zero-order valence-corrected chi connectivity index (χ0v) is 13.2. The van der Waals surface area contributed by atoms with Gasteiger partial charge in [0.05, 0.1) is 17.0 Å². The minimum atomic E-state index is -1.30. The molecule has 3 N–H and O–H groups in total. The van der Waals surface area contributed by atoms with E-state index in [1.165, 1.54) is 30.3 Å². The van der Waals surface area contributed by atoms with Crippen LogP contribution in [-0.2, 0) is 4.79 Å². The number of anilines is 1. The van der Waals surface area contributed by atoms with Gasteiger partial charge in [0.25, 0.3) is 5.91 Å². The Morgan fingerprint density at radius 1 is 1.12 bits per heavy atom. The maximum atomic E-state index is 12.6. The Morgan fingerprint density at radius 2 is 1.80 bits per heavy atom. The maximum Gasteiger partial charge on any atom is 0.339 e. The van der Waals surface area contributed by atoms with E-state index >= 15 is 0 Å². The van der Waals surface area contributed by atoms with Crippen LogP contribution >= 0.6 is 0 Å². The lowest BCUT2D eigenvalue weighted by Gasteiger charge is -2.13. The number of rotatable bonds is 3. The molecule has 0 saturated carbocycles. The van der Waals surface area contributed by atoms with Gasteiger partial charge in [-0.15, -0.1) is 0 Å². The number of nitrogens with zero attached hydrogens (tertiary/aromatic N) is 2. The highest BCUT2D eigenvalue weighted by molar-refractivity contribution is 6.32. The first-order valence-corrected chi connectivity index (χ1v) is 7.34. The predicted octanol–water partition coefficient (Wildman–Crippen LogP) is 2.60. The summed E-state index contributed by atoms with van der Waals surface area (Å²) in [5.41, 5.74) is 1.48. The highest BCUT2D eigenvalue weighted by Gasteiger charge is 2.29. The van der Waals surface area contributed by atoms with Gasteiger partial charge in [0.2, 0.25) is 0 Å². The van der Waals surface area contributed by atoms with E-state index in [1.807, 2.05) is 0 Å². The molecule has 7 heteroatoms. The van der Waals surface area contributed by atoms with Crippen molar-refractivity contribution in [2.24, 2.45) is 5.10 Å². The van der Waals surface area contributed by atoms with Gasteiger partial charge in [-0.1, -0.05) is 12.1 Å². The number of hydrogen-bond donors (Lipinski definition) is 3. The number of amides is 1. The minimum Gasteiger partial charge on any atom is -0.508 e. The Hall–Kier alpha value is -3.61. The van der Waals surface area contributed by atoms with Crippen LogP contribution in [0.4, 0.5) is 5.69 Å². The standard InChI is InChI=1S/C18H14N2O5/c1-10-14(8-11-2-5-13(21)6-3-11)17(23)20(19-10)12-4-7-16(22)15(9-12)18(24)25/h2-9,21-22H,1H3,(H,24,25)/b14-8-. The van der Waals surface area contributed by atoms with Gasteiger partial charge in [-0.25, -0.2) is 4.79 Å². The van der Waals surface area contributed by atoms with E-state index in [1.54, 1.807) is 25.1 Å². The van der Waals surface area contributed by atoms with Crippen LogP contribution < -0.4 is 5.01 Å². The van der Waals surface area contributed by atoms with Crippen molar-refractivity contribution in [3.8, 4) is 11.5 Å². The Bertz CT molecular complexity index is 929. The lowest BCUT2D eigenvalue weighted by Crippen LogP contribution is -2.21. The highest BCUT2D eigenvalue weighted by atomic mass is 16.4. The number of phenols is 2. The van der Waals surface area contributed by atoms with Crippen molar-refractivity contribution in [1.29, 1.82) is 0 Å². The number of hydrazone groups is 1. The summed E-state index contributed by atoms with van der Waals surface area (Å²) in [6.45, 7) is 1.67. The molecule has 1 aliphatic heterocycles. The second kappa shape index (κ2) is 6.12. The molecule has 0 aliphatic carbocycles. The summed E-state index contributed by atoms with van der Waals surface area (Å²) in [4.78, 5) is 23.8. The van der Waals surface area contributed by atoms with Crippen molar-refractivity contribution in [2.45, 2.75) is 6.92 Å². The fraction of sp³-hybridized carbons (Fsp3) is 0.0556. The van der Waals surface area contributed by atoms with Crippen molar-refractivity contribution in [2.75, 3.05) is 5.01 Å². The number of hydrogen-bond acceptors (Lipinski definition) is 5. The topological polar surface area (TPSA) is 110 Å². The van der Waals surface area contributed by atoms with Crippen LogP contribution in [0.5, 0.6) is 11.5 Å². The normalized spacial score (nSPS) is 15.6. The zero-order valence-electron chi connectivity index (χ0n) is 13.2. The number of carboxylic acids is 1. The maximum absolute atomic E-state index is 12.6. The number of carbonyl (C=O) groups is 2. The summed E-state index contributed by atoms with van der Waals surface area (Å²) in [7, 11) is 0.